The first-order chi connectivity index (χ1) is 15.3. The summed E-state index contributed by atoms with van der Waals surface area (Å²) in [6.45, 7) is 0. The number of benzene rings is 2. The topological polar surface area (TPSA) is 112 Å². The molecule has 1 aromatic heterocycles. The molecule has 0 fully saturated rings. The van der Waals surface area contributed by atoms with Crippen LogP contribution < -0.4 is 4.72 Å². The van der Waals surface area contributed by atoms with Crippen LogP contribution in [0.15, 0.2) is 71.8 Å². The van der Waals surface area contributed by atoms with Gasteiger partial charge in [-0.15, -0.1) is 0 Å². The second kappa shape index (κ2) is 9.88. The highest BCUT2D eigenvalue weighted by atomic mass is 32.2. The average Bonchev–Trinajstić information content (AvgIpc) is 2.82. The number of carbonyl (C=O) groups is 2. The molecule has 1 N–H and O–H groups in total. The van der Waals surface area contributed by atoms with Gasteiger partial charge in [0.15, 0.2) is 0 Å². The van der Waals surface area contributed by atoms with Gasteiger partial charge in [-0.05, 0) is 54.1 Å². The number of nitrogens with zero attached hydrogens (tertiary/aromatic N) is 1. The largest absolute Gasteiger partial charge is 0.465 e. The minimum absolute atomic E-state index is 0.0208. The van der Waals surface area contributed by atoms with Gasteiger partial charge in [0.1, 0.15) is 4.90 Å². The number of hydrogen-bond acceptors (Lipinski definition) is 7. The number of sulfonamides is 1. The Morgan fingerprint density at radius 3 is 2.38 bits per heavy atom. The monoisotopic (exact) mass is 452 g/mol. The van der Waals surface area contributed by atoms with Gasteiger partial charge >= 0.3 is 11.9 Å². The molecule has 1 heterocycles. The van der Waals surface area contributed by atoms with Gasteiger partial charge in [-0.25, -0.2) is 18.0 Å². The van der Waals surface area contributed by atoms with Gasteiger partial charge in [-0.2, -0.15) is 0 Å². The fourth-order valence-electron chi connectivity index (χ4n) is 2.84. The number of ether oxygens (including phenoxy) is 2. The second-order valence-electron chi connectivity index (χ2n) is 6.51. The number of aromatic nitrogens is 1. The van der Waals surface area contributed by atoms with Crippen molar-refractivity contribution in [2.24, 2.45) is 0 Å². The van der Waals surface area contributed by atoms with Gasteiger partial charge in [0, 0.05) is 11.9 Å². The number of esters is 2. The molecule has 32 heavy (non-hydrogen) atoms. The summed E-state index contributed by atoms with van der Waals surface area (Å²) in [7, 11) is -1.93. The van der Waals surface area contributed by atoms with Crippen LogP contribution in [-0.2, 0) is 19.5 Å². The summed E-state index contributed by atoms with van der Waals surface area (Å²) in [6, 6.07) is 15.8. The summed E-state index contributed by atoms with van der Waals surface area (Å²) in [5, 5.41) is 0. The Morgan fingerprint density at radius 2 is 1.69 bits per heavy atom. The van der Waals surface area contributed by atoms with Gasteiger partial charge in [0.05, 0.1) is 31.0 Å². The normalized spacial score (nSPS) is 11.2. The van der Waals surface area contributed by atoms with Crippen LogP contribution in [0.25, 0.3) is 12.2 Å². The van der Waals surface area contributed by atoms with Gasteiger partial charge < -0.3 is 9.47 Å². The summed E-state index contributed by atoms with van der Waals surface area (Å²) < 4.78 is 38.0. The van der Waals surface area contributed by atoms with Crippen molar-refractivity contribution < 1.29 is 27.5 Å². The number of methoxy groups -OCH3 is 2. The van der Waals surface area contributed by atoms with Crippen molar-refractivity contribution in [1.29, 1.82) is 0 Å². The van der Waals surface area contributed by atoms with Crippen LogP contribution >= 0.6 is 0 Å². The molecule has 0 aliphatic rings. The van der Waals surface area contributed by atoms with E-state index in [1.54, 1.807) is 42.6 Å². The molecule has 0 spiro atoms. The lowest BCUT2D eigenvalue weighted by molar-refractivity contribution is 0.0583. The first-order valence-electron chi connectivity index (χ1n) is 9.37. The van der Waals surface area contributed by atoms with E-state index in [1.165, 1.54) is 19.2 Å². The Kier molecular flexibility index (Phi) is 7.01. The van der Waals surface area contributed by atoms with E-state index in [9.17, 15) is 18.0 Å². The summed E-state index contributed by atoms with van der Waals surface area (Å²) in [5.41, 5.74) is 1.52. The van der Waals surface area contributed by atoms with Gasteiger partial charge in [-0.1, -0.05) is 24.3 Å². The predicted molar refractivity (Wildman–Crippen MR) is 120 cm³/mol. The number of hydrogen-bond donors (Lipinski definition) is 1. The van der Waals surface area contributed by atoms with E-state index in [4.69, 9.17) is 0 Å². The molecule has 9 heteroatoms. The lowest BCUT2D eigenvalue weighted by atomic mass is 10.1. The highest BCUT2D eigenvalue weighted by Gasteiger charge is 2.25. The molecule has 8 nitrogen and oxygen atoms in total. The molecular weight excluding hydrogens is 432 g/mol. The molecule has 0 aliphatic carbocycles. The van der Waals surface area contributed by atoms with E-state index in [2.05, 4.69) is 19.2 Å². The lowest BCUT2D eigenvalue weighted by Crippen LogP contribution is -2.18. The molecule has 0 saturated carbocycles. The molecule has 0 bridgehead atoms. The van der Waals surface area contributed by atoms with E-state index in [0.29, 0.717) is 0 Å². The van der Waals surface area contributed by atoms with Crippen LogP contribution in [-0.4, -0.2) is 39.6 Å². The minimum atomic E-state index is -4.24. The van der Waals surface area contributed by atoms with Crippen LogP contribution in [0, 0.1) is 0 Å². The zero-order valence-electron chi connectivity index (χ0n) is 17.3. The van der Waals surface area contributed by atoms with Crippen LogP contribution in [0.1, 0.15) is 32.0 Å². The fourth-order valence-corrected chi connectivity index (χ4v) is 4.11. The number of anilines is 1. The number of pyridine rings is 1. The second-order valence-corrected chi connectivity index (χ2v) is 8.16. The molecule has 0 aliphatic heterocycles. The fraction of sp³-hybridized carbons (Fsp3) is 0.0870. The third-order valence-electron chi connectivity index (χ3n) is 4.37. The molecule has 3 aromatic rings. The Hall–Kier alpha value is -3.98. The molecule has 3 rings (SSSR count). The predicted octanol–water partition coefficient (Wildman–Crippen LogP) is 3.63. The number of nitrogens with one attached hydrogen (secondary N) is 1. The maximum atomic E-state index is 13.1. The van der Waals surface area contributed by atoms with Crippen LogP contribution in [0.2, 0.25) is 0 Å². The van der Waals surface area contributed by atoms with Crippen molar-refractivity contribution in [3.63, 3.8) is 0 Å². The van der Waals surface area contributed by atoms with Crippen LogP contribution in [0.4, 0.5) is 5.69 Å². The van der Waals surface area contributed by atoms with Gasteiger partial charge in [0.2, 0.25) is 0 Å². The quantitative estimate of drug-likeness (QED) is 0.545. The van der Waals surface area contributed by atoms with E-state index in [0.717, 1.165) is 24.4 Å². The zero-order chi connectivity index (χ0) is 23.1. The number of carbonyl (C=O) groups excluding carboxylic acids is 2. The third-order valence-corrected chi connectivity index (χ3v) is 5.79. The lowest BCUT2D eigenvalue weighted by Gasteiger charge is -2.13. The smallest absolute Gasteiger partial charge is 0.339 e. The van der Waals surface area contributed by atoms with Crippen molar-refractivity contribution in [2.45, 2.75) is 4.90 Å². The highest BCUT2D eigenvalue weighted by Crippen LogP contribution is 2.23. The minimum Gasteiger partial charge on any atom is -0.465 e. The van der Waals surface area contributed by atoms with Crippen molar-refractivity contribution >= 4 is 39.8 Å². The van der Waals surface area contributed by atoms with Gasteiger partial charge in [0.25, 0.3) is 10.0 Å². The maximum absolute atomic E-state index is 13.1. The van der Waals surface area contributed by atoms with Crippen molar-refractivity contribution in [1.82, 2.24) is 4.98 Å². The standard InChI is InChI=1S/C23H20N2O6S/c1-30-22(26)17-10-12-20(23(27)31-2)21(15-17)32(28,29)25-19-8-5-6-16(14-19)9-11-18-7-3-4-13-24-18/h3-15,25H,1-2H3/b11-9+. The summed E-state index contributed by atoms with van der Waals surface area (Å²) in [6.07, 6.45) is 5.26. The molecule has 0 unspecified atom stereocenters. The van der Waals surface area contributed by atoms with E-state index in [1.807, 2.05) is 18.2 Å². The zero-order valence-corrected chi connectivity index (χ0v) is 18.1. The van der Waals surface area contributed by atoms with Crippen LogP contribution in [0.5, 0.6) is 0 Å². The Labute approximate surface area is 185 Å². The van der Waals surface area contributed by atoms with Crippen molar-refractivity contribution in [2.75, 3.05) is 18.9 Å². The molecule has 0 amide bonds. The summed E-state index contributed by atoms with van der Waals surface area (Å²) in [5.74, 6) is -1.59. The SMILES string of the molecule is COC(=O)c1ccc(C(=O)OC)c(S(=O)(=O)Nc2cccc(/C=C/c3ccccn3)c2)c1. The maximum Gasteiger partial charge on any atom is 0.339 e. The first-order valence-corrected chi connectivity index (χ1v) is 10.8. The Balaban J connectivity index is 1.94. The first kappa shape index (κ1) is 22.7. The molecule has 0 saturated heterocycles. The molecule has 164 valence electrons. The van der Waals surface area contributed by atoms with E-state index >= 15 is 0 Å². The summed E-state index contributed by atoms with van der Waals surface area (Å²) >= 11 is 0. The van der Waals surface area contributed by atoms with Crippen LogP contribution in [0.3, 0.4) is 0 Å². The highest BCUT2D eigenvalue weighted by molar-refractivity contribution is 7.92. The average molecular weight is 452 g/mol. The van der Waals surface area contributed by atoms with E-state index < -0.39 is 26.9 Å². The Bertz CT molecular complexity index is 1270. The third kappa shape index (κ3) is 5.38. The number of rotatable bonds is 7. The molecular formula is C23H20N2O6S. The molecule has 2 aromatic carbocycles. The molecule has 0 atom stereocenters. The summed E-state index contributed by atoms with van der Waals surface area (Å²) in [4.78, 5) is 27.8. The van der Waals surface area contributed by atoms with E-state index in [-0.39, 0.29) is 16.8 Å². The molecule has 0 radical (unpaired) electrons. The van der Waals surface area contributed by atoms with Crippen molar-refractivity contribution in [3.8, 4) is 0 Å². The van der Waals surface area contributed by atoms with Crippen molar-refractivity contribution in [3.05, 3.63) is 89.2 Å². The Morgan fingerprint density at radius 1 is 0.906 bits per heavy atom. The van der Waals surface area contributed by atoms with Gasteiger partial charge in [-0.3, -0.25) is 9.71 Å².